The van der Waals surface area contributed by atoms with Crippen molar-refractivity contribution >= 4 is 5.96 Å². The molecule has 0 aliphatic rings. The fourth-order valence-corrected chi connectivity index (χ4v) is 3.30. The van der Waals surface area contributed by atoms with Crippen molar-refractivity contribution in [1.82, 2.24) is 35.6 Å². The Morgan fingerprint density at radius 2 is 2.06 bits per heavy atom. The Hall–Kier alpha value is -3.94. The van der Waals surface area contributed by atoms with Crippen molar-refractivity contribution < 1.29 is 0 Å². The summed E-state index contributed by atoms with van der Waals surface area (Å²) >= 11 is 0. The Bertz CT molecular complexity index is 1120. The van der Waals surface area contributed by atoms with Crippen LogP contribution < -0.4 is 10.6 Å². The van der Waals surface area contributed by atoms with E-state index in [1.807, 2.05) is 41.2 Å². The molecule has 8 heteroatoms. The van der Waals surface area contributed by atoms with Crippen molar-refractivity contribution in [1.29, 1.82) is 0 Å². The number of nitrogens with zero attached hydrogens (tertiary/aromatic N) is 5. The molecule has 0 radical (unpaired) electrons. The molecule has 8 nitrogen and oxygen atoms in total. The number of aromatic nitrogens is 5. The molecular formula is C23H26N8. The average Bonchev–Trinajstić information content (AvgIpc) is 3.52. The van der Waals surface area contributed by atoms with Crippen molar-refractivity contribution in [2.45, 2.75) is 26.4 Å². The van der Waals surface area contributed by atoms with Gasteiger partial charge in [-0.1, -0.05) is 30.3 Å². The lowest BCUT2D eigenvalue weighted by molar-refractivity contribution is 0.685. The second kappa shape index (κ2) is 9.71. The zero-order valence-corrected chi connectivity index (χ0v) is 17.7. The van der Waals surface area contributed by atoms with Gasteiger partial charge in [-0.15, -0.1) is 0 Å². The highest BCUT2D eigenvalue weighted by Crippen LogP contribution is 2.18. The molecule has 1 unspecified atom stereocenters. The minimum atomic E-state index is 0.0776. The highest BCUT2D eigenvalue weighted by molar-refractivity contribution is 5.80. The molecule has 2 aromatic heterocycles. The first-order valence-corrected chi connectivity index (χ1v) is 10.3. The molecule has 4 rings (SSSR count). The topological polar surface area (TPSA) is 95.8 Å². The predicted molar refractivity (Wildman–Crippen MR) is 122 cm³/mol. The molecular weight excluding hydrogens is 388 g/mol. The van der Waals surface area contributed by atoms with E-state index in [9.17, 15) is 0 Å². The van der Waals surface area contributed by atoms with Gasteiger partial charge in [0.1, 0.15) is 6.33 Å². The number of nitrogens with one attached hydrogen (secondary N) is 3. The van der Waals surface area contributed by atoms with Crippen molar-refractivity contribution in [3.8, 4) is 17.1 Å². The maximum Gasteiger partial charge on any atom is 0.192 e. The van der Waals surface area contributed by atoms with Gasteiger partial charge in [0.05, 0.1) is 18.3 Å². The minimum absolute atomic E-state index is 0.0776. The van der Waals surface area contributed by atoms with E-state index in [1.54, 1.807) is 6.20 Å². The number of H-pyrrole nitrogens is 1. The summed E-state index contributed by atoms with van der Waals surface area (Å²) in [7, 11) is 0. The summed E-state index contributed by atoms with van der Waals surface area (Å²) < 4.78 is 1.86. The molecule has 0 aliphatic heterocycles. The van der Waals surface area contributed by atoms with Gasteiger partial charge in [-0.05, 0) is 49.2 Å². The fourth-order valence-electron chi connectivity index (χ4n) is 3.30. The van der Waals surface area contributed by atoms with Crippen LogP contribution in [-0.2, 0) is 6.54 Å². The molecule has 0 saturated carbocycles. The summed E-state index contributed by atoms with van der Waals surface area (Å²) in [6, 6.07) is 18.5. The lowest BCUT2D eigenvalue weighted by Gasteiger charge is -2.19. The van der Waals surface area contributed by atoms with Gasteiger partial charge in [0.2, 0.25) is 0 Å². The van der Waals surface area contributed by atoms with Crippen LogP contribution in [0.3, 0.4) is 0 Å². The normalized spacial score (nSPS) is 12.5. The smallest absolute Gasteiger partial charge is 0.192 e. The largest absolute Gasteiger partial charge is 0.357 e. The Morgan fingerprint density at radius 1 is 1.16 bits per heavy atom. The first-order valence-electron chi connectivity index (χ1n) is 10.3. The van der Waals surface area contributed by atoms with Gasteiger partial charge < -0.3 is 10.6 Å². The summed E-state index contributed by atoms with van der Waals surface area (Å²) in [4.78, 5) is 8.99. The molecule has 0 bridgehead atoms. The summed E-state index contributed by atoms with van der Waals surface area (Å²) in [5.74, 6) is 1.52. The molecule has 158 valence electrons. The number of benzene rings is 2. The Morgan fingerprint density at radius 3 is 2.84 bits per heavy atom. The van der Waals surface area contributed by atoms with E-state index in [-0.39, 0.29) is 6.04 Å². The van der Waals surface area contributed by atoms with E-state index in [0.29, 0.717) is 6.54 Å². The Balaban J connectivity index is 1.47. The van der Waals surface area contributed by atoms with Crippen molar-refractivity contribution in [2.24, 2.45) is 4.99 Å². The van der Waals surface area contributed by atoms with Crippen molar-refractivity contribution in [3.63, 3.8) is 0 Å². The van der Waals surface area contributed by atoms with Gasteiger partial charge in [0.15, 0.2) is 11.8 Å². The van der Waals surface area contributed by atoms with Gasteiger partial charge in [-0.25, -0.2) is 14.7 Å². The standard InChI is InChI=1S/C23H26N8/c1-3-24-23(25-15-18-7-4-9-20(13-18)22-26-16-27-30-22)29-17(2)19-8-5-10-21(14-19)31-12-6-11-28-31/h4-14,16-17H,3,15H2,1-2H3,(H2,24,25,29)(H,26,27,30). The van der Waals surface area contributed by atoms with E-state index in [1.165, 1.54) is 6.33 Å². The zero-order chi connectivity index (χ0) is 21.5. The number of rotatable bonds is 7. The minimum Gasteiger partial charge on any atom is -0.357 e. The summed E-state index contributed by atoms with van der Waals surface area (Å²) in [5.41, 5.74) is 4.28. The monoisotopic (exact) mass is 414 g/mol. The molecule has 0 spiro atoms. The molecule has 2 heterocycles. The SMILES string of the molecule is CCNC(=NCc1cccc(-c2ncn[nH]2)c1)NC(C)c1cccc(-n2cccn2)c1. The highest BCUT2D eigenvalue weighted by Gasteiger charge is 2.09. The van der Waals surface area contributed by atoms with Crippen molar-refractivity contribution in [2.75, 3.05) is 6.54 Å². The highest BCUT2D eigenvalue weighted by atomic mass is 15.3. The summed E-state index contributed by atoms with van der Waals surface area (Å²) in [5, 5.41) is 18.0. The molecule has 3 N–H and O–H groups in total. The van der Waals surface area contributed by atoms with Crippen LogP contribution in [0.25, 0.3) is 17.1 Å². The van der Waals surface area contributed by atoms with Gasteiger partial charge >= 0.3 is 0 Å². The quantitative estimate of drug-likeness (QED) is 0.318. The average molecular weight is 415 g/mol. The van der Waals surface area contributed by atoms with E-state index >= 15 is 0 Å². The van der Waals surface area contributed by atoms with Crippen LogP contribution >= 0.6 is 0 Å². The van der Waals surface area contributed by atoms with Crippen LogP contribution in [-0.4, -0.2) is 37.5 Å². The van der Waals surface area contributed by atoms with Crippen LogP contribution in [0.5, 0.6) is 0 Å². The molecule has 0 fully saturated rings. The Kier molecular flexibility index (Phi) is 6.37. The van der Waals surface area contributed by atoms with Gasteiger partial charge in [-0.2, -0.15) is 10.2 Å². The van der Waals surface area contributed by atoms with Gasteiger partial charge in [0, 0.05) is 24.5 Å². The van der Waals surface area contributed by atoms with Gasteiger partial charge in [-0.3, -0.25) is 5.10 Å². The third kappa shape index (κ3) is 5.16. The number of aromatic amines is 1. The predicted octanol–water partition coefficient (Wildman–Crippen LogP) is 3.47. The maximum atomic E-state index is 4.77. The molecule has 0 saturated heterocycles. The molecule has 1 atom stereocenters. The number of guanidine groups is 1. The number of hydrogen-bond donors (Lipinski definition) is 3. The van der Waals surface area contributed by atoms with Crippen LogP contribution in [0.1, 0.15) is 31.0 Å². The van der Waals surface area contributed by atoms with Crippen LogP contribution in [0, 0.1) is 0 Å². The zero-order valence-electron chi connectivity index (χ0n) is 17.7. The lowest BCUT2D eigenvalue weighted by atomic mass is 10.1. The fraction of sp³-hybridized carbons (Fsp3) is 0.217. The van der Waals surface area contributed by atoms with E-state index in [4.69, 9.17) is 4.99 Å². The first kappa shape index (κ1) is 20.3. The van der Waals surface area contributed by atoms with E-state index < -0.39 is 0 Å². The third-order valence-corrected chi connectivity index (χ3v) is 4.87. The molecule has 2 aromatic carbocycles. The number of hydrogen-bond acceptors (Lipinski definition) is 4. The first-order chi connectivity index (χ1) is 15.2. The summed E-state index contributed by atoms with van der Waals surface area (Å²) in [6.45, 7) is 5.52. The Labute approximate surface area is 181 Å². The second-order valence-electron chi connectivity index (χ2n) is 7.14. The van der Waals surface area contributed by atoms with Crippen LogP contribution in [0.15, 0.2) is 78.3 Å². The molecule has 4 aromatic rings. The lowest BCUT2D eigenvalue weighted by Crippen LogP contribution is -2.38. The van der Waals surface area contributed by atoms with Crippen molar-refractivity contribution in [3.05, 3.63) is 84.4 Å². The van der Waals surface area contributed by atoms with E-state index in [0.717, 1.165) is 40.7 Å². The molecule has 31 heavy (non-hydrogen) atoms. The van der Waals surface area contributed by atoms with Crippen LogP contribution in [0.4, 0.5) is 0 Å². The second-order valence-corrected chi connectivity index (χ2v) is 7.14. The summed E-state index contributed by atoms with van der Waals surface area (Å²) in [6.07, 6.45) is 5.23. The van der Waals surface area contributed by atoms with Crippen LogP contribution in [0.2, 0.25) is 0 Å². The maximum absolute atomic E-state index is 4.77. The third-order valence-electron chi connectivity index (χ3n) is 4.87. The van der Waals surface area contributed by atoms with E-state index in [2.05, 4.69) is 69.0 Å². The molecule has 0 aliphatic carbocycles. The number of aliphatic imine (C=N–C) groups is 1. The molecule has 0 amide bonds. The van der Waals surface area contributed by atoms with Gasteiger partial charge in [0.25, 0.3) is 0 Å².